The zero-order chi connectivity index (χ0) is 15.7. The number of benzene rings is 1. The molecule has 0 saturated heterocycles. The van der Waals surface area contributed by atoms with Gasteiger partial charge in [0.1, 0.15) is 0 Å². The minimum atomic E-state index is -0.226. The van der Waals surface area contributed by atoms with Crippen LogP contribution in [0.1, 0.15) is 25.8 Å². The average Bonchev–Trinajstić information content (AvgIpc) is 2.51. The molecule has 0 spiro atoms. The number of nitrogens with one attached hydrogen (secondary N) is 2. The van der Waals surface area contributed by atoms with Crippen LogP contribution in [0.15, 0.2) is 30.3 Å². The van der Waals surface area contributed by atoms with Crippen molar-refractivity contribution in [3.63, 3.8) is 0 Å². The van der Waals surface area contributed by atoms with Crippen molar-refractivity contribution in [3.05, 3.63) is 35.9 Å². The van der Waals surface area contributed by atoms with Crippen molar-refractivity contribution in [3.8, 4) is 0 Å². The molecular weight excluding hydrogens is 266 g/mol. The molecule has 0 aliphatic rings. The molecule has 21 heavy (non-hydrogen) atoms. The first kappa shape index (κ1) is 17.5. The summed E-state index contributed by atoms with van der Waals surface area (Å²) in [6.45, 7) is 5.38. The van der Waals surface area contributed by atoms with Crippen LogP contribution in [-0.4, -0.2) is 48.3 Å². The maximum Gasteiger partial charge on any atom is 0.315 e. The van der Waals surface area contributed by atoms with E-state index in [0.29, 0.717) is 13.0 Å². The Morgan fingerprint density at radius 1 is 1.33 bits per heavy atom. The van der Waals surface area contributed by atoms with E-state index in [2.05, 4.69) is 34.6 Å². The van der Waals surface area contributed by atoms with Crippen molar-refractivity contribution in [2.45, 2.75) is 38.9 Å². The second-order valence-electron chi connectivity index (χ2n) is 5.39. The van der Waals surface area contributed by atoms with Crippen molar-refractivity contribution in [1.82, 2.24) is 15.5 Å². The number of nitrogens with zero attached hydrogens (tertiary/aromatic N) is 1. The summed E-state index contributed by atoms with van der Waals surface area (Å²) in [6.07, 6.45) is 0.716. The highest BCUT2D eigenvalue weighted by atomic mass is 16.3. The van der Waals surface area contributed by atoms with Gasteiger partial charge in [-0.25, -0.2) is 4.79 Å². The molecule has 0 fully saturated rings. The molecule has 0 aliphatic heterocycles. The molecule has 5 heteroatoms. The summed E-state index contributed by atoms with van der Waals surface area (Å²) < 4.78 is 0. The number of carbonyl (C=O) groups excluding carboxylic acids is 1. The Bertz CT molecular complexity index is 407. The fourth-order valence-corrected chi connectivity index (χ4v) is 1.94. The standard InChI is InChI=1S/C16H27N3O2/c1-4-15(12-20)18-16(21)17-10-13(2)19(3)11-14-8-6-5-7-9-14/h5-9,13,15,20H,4,10-12H2,1-3H3,(H2,17,18,21). The highest BCUT2D eigenvalue weighted by Crippen LogP contribution is 2.05. The molecule has 5 nitrogen and oxygen atoms in total. The molecule has 0 aromatic heterocycles. The molecule has 1 aromatic carbocycles. The number of hydrogen-bond acceptors (Lipinski definition) is 3. The summed E-state index contributed by atoms with van der Waals surface area (Å²) in [4.78, 5) is 13.9. The Labute approximate surface area is 127 Å². The van der Waals surface area contributed by atoms with E-state index in [1.165, 1.54) is 5.56 Å². The van der Waals surface area contributed by atoms with E-state index in [9.17, 15) is 4.79 Å². The van der Waals surface area contributed by atoms with E-state index in [-0.39, 0.29) is 24.7 Å². The van der Waals surface area contributed by atoms with Gasteiger partial charge in [0.05, 0.1) is 12.6 Å². The predicted molar refractivity (Wildman–Crippen MR) is 85.1 cm³/mol. The number of carbonyl (C=O) groups is 1. The fourth-order valence-electron chi connectivity index (χ4n) is 1.94. The van der Waals surface area contributed by atoms with E-state index in [0.717, 1.165) is 6.54 Å². The number of aliphatic hydroxyl groups is 1. The van der Waals surface area contributed by atoms with Gasteiger partial charge in [-0.05, 0) is 26.0 Å². The Morgan fingerprint density at radius 2 is 2.00 bits per heavy atom. The molecule has 118 valence electrons. The van der Waals surface area contributed by atoms with Gasteiger partial charge in [0.15, 0.2) is 0 Å². The maximum absolute atomic E-state index is 11.7. The van der Waals surface area contributed by atoms with Crippen LogP contribution in [0, 0.1) is 0 Å². The maximum atomic E-state index is 11.7. The summed E-state index contributed by atoms with van der Waals surface area (Å²) in [5, 5.41) is 14.6. The highest BCUT2D eigenvalue weighted by Gasteiger charge is 2.13. The van der Waals surface area contributed by atoms with Gasteiger partial charge in [0.25, 0.3) is 0 Å². The Morgan fingerprint density at radius 3 is 2.57 bits per heavy atom. The van der Waals surface area contributed by atoms with Crippen molar-refractivity contribution in [2.75, 3.05) is 20.2 Å². The molecule has 1 rings (SSSR count). The Kier molecular flexibility index (Phi) is 7.79. The molecule has 0 heterocycles. The molecule has 0 radical (unpaired) electrons. The third-order valence-electron chi connectivity index (χ3n) is 3.63. The largest absolute Gasteiger partial charge is 0.394 e. The molecule has 3 N–H and O–H groups in total. The van der Waals surface area contributed by atoms with Gasteiger partial charge in [-0.15, -0.1) is 0 Å². The van der Waals surface area contributed by atoms with Crippen LogP contribution in [0.25, 0.3) is 0 Å². The number of hydrogen-bond donors (Lipinski definition) is 3. The van der Waals surface area contributed by atoms with E-state index in [1.807, 2.05) is 32.2 Å². The summed E-state index contributed by atoms with van der Waals surface area (Å²) in [7, 11) is 2.04. The zero-order valence-electron chi connectivity index (χ0n) is 13.2. The second kappa shape index (κ2) is 9.37. The lowest BCUT2D eigenvalue weighted by Gasteiger charge is -2.25. The molecule has 0 saturated carbocycles. The zero-order valence-corrected chi connectivity index (χ0v) is 13.2. The lowest BCUT2D eigenvalue weighted by Crippen LogP contribution is -2.47. The summed E-state index contributed by atoms with van der Waals surface area (Å²) in [5.41, 5.74) is 1.25. The molecule has 0 aliphatic carbocycles. The minimum absolute atomic E-state index is 0.0343. The summed E-state index contributed by atoms with van der Waals surface area (Å²) in [5.74, 6) is 0. The van der Waals surface area contributed by atoms with Gasteiger partial charge in [0.2, 0.25) is 0 Å². The first-order chi connectivity index (χ1) is 10.1. The molecule has 2 amide bonds. The molecule has 2 atom stereocenters. The molecule has 1 aromatic rings. The van der Waals surface area contributed by atoms with Crippen LogP contribution >= 0.6 is 0 Å². The van der Waals surface area contributed by atoms with Gasteiger partial charge in [-0.3, -0.25) is 4.90 Å². The summed E-state index contributed by atoms with van der Waals surface area (Å²) in [6, 6.07) is 10.1. The van der Waals surface area contributed by atoms with E-state index < -0.39 is 0 Å². The average molecular weight is 293 g/mol. The van der Waals surface area contributed by atoms with E-state index >= 15 is 0 Å². The molecule has 2 unspecified atom stereocenters. The molecule has 0 bridgehead atoms. The minimum Gasteiger partial charge on any atom is -0.394 e. The second-order valence-corrected chi connectivity index (χ2v) is 5.39. The van der Waals surface area contributed by atoms with Crippen molar-refractivity contribution in [2.24, 2.45) is 0 Å². The third-order valence-corrected chi connectivity index (χ3v) is 3.63. The number of aliphatic hydroxyl groups excluding tert-OH is 1. The number of likely N-dealkylation sites (N-methyl/N-ethyl adjacent to an activating group) is 1. The number of amides is 2. The smallest absolute Gasteiger partial charge is 0.315 e. The topological polar surface area (TPSA) is 64.6 Å². The first-order valence-corrected chi connectivity index (χ1v) is 7.46. The van der Waals surface area contributed by atoms with Crippen molar-refractivity contribution in [1.29, 1.82) is 0 Å². The van der Waals surface area contributed by atoms with Crippen LogP contribution in [0.5, 0.6) is 0 Å². The van der Waals surface area contributed by atoms with Crippen LogP contribution in [0.2, 0.25) is 0 Å². The van der Waals surface area contributed by atoms with Crippen LogP contribution in [0.4, 0.5) is 4.79 Å². The first-order valence-electron chi connectivity index (χ1n) is 7.46. The lowest BCUT2D eigenvalue weighted by molar-refractivity contribution is 0.206. The number of urea groups is 1. The van der Waals surface area contributed by atoms with E-state index in [1.54, 1.807) is 0 Å². The monoisotopic (exact) mass is 293 g/mol. The van der Waals surface area contributed by atoms with Gasteiger partial charge >= 0.3 is 6.03 Å². The van der Waals surface area contributed by atoms with Gasteiger partial charge in [0, 0.05) is 19.1 Å². The van der Waals surface area contributed by atoms with Gasteiger partial charge in [-0.2, -0.15) is 0 Å². The fraction of sp³-hybridized carbons (Fsp3) is 0.562. The SMILES string of the molecule is CCC(CO)NC(=O)NCC(C)N(C)Cc1ccccc1. The Hall–Kier alpha value is -1.59. The van der Waals surface area contributed by atoms with Crippen LogP contribution in [-0.2, 0) is 6.54 Å². The normalized spacial score (nSPS) is 13.8. The van der Waals surface area contributed by atoms with Crippen LogP contribution < -0.4 is 10.6 Å². The molecular formula is C16H27N3O2. The quantitative estimate of drug-likeness (QED) is 0.682. The number of rotatable bonds is 8. The van der Waals surface area contributed by atoms with Crippen molar-refractivity contribution < 1.29 is 9.90 Å². The van der Waals surface area contributed by atoms with Gasteiger partial charge < -0.3 is 15.7 Å². The van der Waals surface area contributed by atoms with Crippen molar-refractivity contribution >= 4 is 6.03 Å². The third kappa shape index (κ3) is 6.60. The summed E-state index contributed by atoms with van der Waals surface area (Å²) >= 11 is 0. The Balaban J connectivity index is 2.32. The lowest BCUT2D eigenvalue weighted by atomic mass is 10.2. The highest BCUT2D eigenvalue weighted by molar-refractivity contribution is 5.74. The van der Waals surface area contributed by atoms with Gasteiger partial charge in [-0.1, -0.05) is 37.3 Å². The van der Waals surface area contributed by atoms with Crippen LogP contribution in [0.3, 0.4) is 0 Å². The predicted octanol–water partition coefficient (Wildman–Crippen LogP) is 1.58. The van der Waals surface area contributed by atoms with E-state index in [4.69, 9.17) is 5.11 Å².